The average molecular weight is 521 g/mol. The zero-order valence-corrected chi connectivity index (χ0v) is 22.6. The molecule has 2 fully saturated rings. The molecule has 6 heteroatoms. The van der Waals surface area contributed by atoms with Crippen LogP contribution in [0.15, 0.2) is 78.9 Å². The average Bonchev–Trinajstić information content (AvgIpc) is 2.99. The van der Waals surface area contributed by atoms with E-state index in [0.29, 0.717) is 11.3 Å². The van der Waals surface area contributed by atoms with Crippen LogP contribution in [0.3, 0.4) is 0 Å². The van der Waals surface area contributed by atoms with Gasteiger partial charge in [-0.3, -0.25) is 9.80 Å². The van der Waals surface area contributed by atoms with Crippen LogP contribution in [0.4, 0.5) is 0 Å². The number of aryl methyl sites for hydroxylation is 1. The van der Waals surface area contributed by atoms with Crippen LogP contribution in [-0.4, -0.2) is 60.0 Å². The second kappa shape index (κ2) is 11.7. The number of carbonyl (C=O) groups is 1. The highest BCUT2D eigenvalue weighted by Gasteiger charge is 2.36. The van der Waals surface area contributed by atoms with Crippen LogP contribution >= 0.6 is 0 Å². The summed E-state index contributed by atoms with van der Waals surface area (Å²) in [7, 11) is 0. The van der Waals surface area contributed by atoms with Crippen molar-refractivity contribution in [3.63, 3.8) is 0 Å². The Labute approximate surface area is 230 Å². The number of pyridine rings is 1. The number of likely N-dealkylation sites (tertiary alicyclic amines) is 1. The SMILES string of the molecule is Cc1ccccc1OC(=O)c1c(C(N2CCCCC2)N2CCNCC2)c(-c2ccccc2)nc2ccccc12. The quantitative estimate of drug-likeness (QED) is 0.255. The van der Waals surface area contributed by atoms with Crippen molar-refractivity contribution in [2.75, 3.05) is 39.3 Å². The molecule has 0 saturated carbocycles. The Morgan fingerprint density at radius 2 is 1.49 bits per heavy atom. The smallest absolute Gasteiger partial charge is 0.344 e. The number of para-hydroxylation sites is 2. The first-order valence-corrected chi connectivity index (χ1v) is 14.2. The lowest BCUT2D eigenvalue weighted by atomic mass is 9.92. The molecule has 2 aliphatic rings. The van der Waals surface area contributed by atoms with Crippen LogP contribution in [0.2, 0.25) is 0 Å². The Bertz CT molecular complexity index is 1430. The molecule has 0 aliphatic carbocycles. The van der Waals surface area contributed by atoms with Gasteiger partial charge in [-0.05, 0) is 50.6 Å². The Morgan fingerprint density at radius 3 is 2.26 bits per heavy atom. The fourth-order valence-electron chi connectivity index (χ4n) is 6.02. The third-order valence-electron chi connectivity index (χ3n) is 7.97. The Balaban J connectivity index is 1.62. The molecule has 2 aliphatic heterocycles. The fourth-order valence-corrected chi connectivity index (χ4v) is 6.02. The number of nitrogens with one attached hydrogen (secondary N) is 1. The van der Waals surface area contributed by atoms with E-state index in [1.54, 1.807) is 0 Å². The van der Waals surface area contributed by atoms with Crippen molar-refractivity contribution in [1.82, 2.24) is 20.1 Å². The molecule has 2 saturated heterocycles. The van der Waals surface area contributed by atoms with Gasteiger partial charge in [-0.2, -0.15) is 0 Å². The summed E-state index contributed by atoms with van der Waals surface area (Å²) in [6.07, 6.45) is 3.49. The van der Waals surface area contributed by atoms with Gasteiger partial charge < -0.3 is 10.1 Å². The number of hydrogen-bond acceptors (Lipinski definition) is 6. The molecule has 6 nitrogen and oxygen atoms in total. The molecule has 1 atom stereocenters. The van der Waals surface area contributed by atoms with Crippen molar-refractivity contribution >= 4 is 16.9 Å². The third-order valence-corrected chi connectivity index (χ3v) is 7.97. The van der Waals surface area contributed by atoms with Gasteiger partial charge in [0.1, 0.15) is 5.75 Å². The Kier molecular flexibility index (Phi) is 7.68. The maximum Gasteiger partial charge on any atom is 0.344 e. The van der Waals surface area contributed by atoms with Crippen LogP contribution in [0.5, 0.6) is 5.75 Å². The van der Waals surface area contributed by atoms with Gasteiger partial charge in [0.05, 0.1) is 22.9 Å². The van der Waals surface area contributed by atoms with Gasteiger partial charge in [-0.15, -0.1) is 0 Å². The highest BCUT2D eigenvalue weighted by molar-refractivity contribution is 6.07. The van der Waals surface area contributed by atoms with E-state index in [1.165, 1.54) is 6.42 Å². The first kappa shape index (κ1) is 25.7. The monoisotopic (exact) mass is 520 g/mol. The number of esters is 1. The number of ether oxygens (including phenoxy) is 1. The van der Waals surface area contributed by atoms with E-state index in [-0.39, 0.29) is 12.1 Å². The topological polar surface area (TPSA) is 57.7 Å². The number of aromatic nitrogens is 1. The molecule has 0 radical (unpaired) electrons. The number of rotatable bonds is 6. The number of piperazine rings is 1. The summed E-state index contributed by atoms with van der Waals surface area (Å²) < 4.78 is 6.18. The molecule has 0 amide bonds. The first-order valence-electron chi connectivity index (χ1n) is 14.2. The minimum atomic E-state index is -0.327. The van der Waals surface area contributed by atoms with Gasteiger partial charge in [0.15, 0.2) is 0 Å². The van der Waals surface area contributed by atoms with Gasteiger partial charge >= 0.3 is 5.97 Å². The molecule has 6 rings (SSSR count). The summed E-state index contributed by atoms with van der Waals surface area (Å²) in [6.45, 7) is 7.65. The summed E-state index contributed by atoms with van der Waals surface area (Å²) in [4.78, 5) is 24.7. The maximum atomic E-state index is 14.4. The van der Waals surface area contributed by atoms with Crippen LogP contribution in [0.25, 0.3) is 22.2 Å². The highest BCUT2D eigenvalue weighted by Crippen LogP contribution is 2.40. The van der Waals surface area contributed by atoms with E-state index < -0.39 is 0 Å². The van der Waals surface area contributed by atoms with E-state index in [0.717, 1.165) is 85.4 Å². The summed E-state index contributed by atoms with van der Waals surface area (Å²) >= 11 is 0. The lowest BCUT2D eigenvalue weighted by molar-refractivity contribution is 0.0192. The molecular weight excluding hydrogens is 484 g/mol. The standard InChI is InChI=1S/C33H36N4O2/c1-24-12-6-9-17-28(24)39-33(38)29-26-15-7-8-16-27(26)35-31(25-13-4-2-5-14-25)30(29)32(36-20-10-3-11-21-36)37-22-18-34-19-23-37/h2,4-9,12-17,32,34H,3,10-11,18-23H2,1H3. The molecule has 0 bridgehead atoms. The molecule has 0 spiro atoms. The summed E-state index contributed by atoms with van der Waals surface area (Å²) in [5.41, 5.74) is 5.19. The second-order valence-electron chi connectivity index (χ2n) is 10.5. The predicted molar refractivity (Wildman–Crippen MR) is 156 cm³/mol. The molecule has 3 heterocycles. The number of fused-ring (bicyclic) bond motifs is 1. The van der Waals surface area contributed by atoms with Gasteiger partial charge in [-0.1, -0.05) is 73.2 Å². The molecule has 1 unspecified atom stereocenters. The van der Waals surface area contributed by atoms with Crippen molar-refractivity contribution in [2.24, 2.45) is 0 Å². The molecule has 200 valence electrons. The Hall–Kier alpha value is -3.58. The molecule has 4 aromatic rings. The van der Waals surface area contributed by atoms with Gasteiger partial charge in [-0.25, -0.2) is 9.78 Å². The van der Waals surface area contributed by atoms with Crippen molar-refractivity contribution in [2.45, 2.75) is 32.4 Å². The number of nitrogens with zero attached hydrogens (tertiary/aromatic N) is 3. The number of piperidine rings is 1. The van der Waals surface area contributed by atoms with Crippen LogP contribution in [0.1, 0.15) is 46.9 Å². The van der Waals surface area contributed by atoms with Crippen LogP contribution in [-0.2, 0) is 0 Å². The number of carbonyl (C=O) groups excluding carboxylic acids is 1. The fraction of sp³-hybridized carbons (Fsp3) is 0.333. The van der Waals surface area contributed by atoms with E-state index >= 15 is 0 Å². The van der Waals surface area contributed by atoms with Crippen molar-refractivity contribution < 1.29 is 9.53 Å². The van der Waals surface area contributed by atoms with E-state index in [4.69, 9.17) is 9.72 Å². The number of hydrogen-bond donors (Lipinski definition) is 1. The summed E-state index contributed by atoms with van der Waals surface area (Å²) in [5, 5.41) is 4.34. The summed E-state index contributed by atoms with van der Waals surface area (Å²) in [5.74, 6) is 0.263. The molecular formula is C33H36N4O2. The van der Waals surface area contributed by atoms with Crippen molar-refractivity contribution in [3.05, 3.63) is 95.6 Å². The zero-order chi connectivity index (χ0) is 26.6. The van der Waals surface area contributed by atoms with E-state index in [9.17, 15) is 4.79 Å². The largest absolute Gasteiger partial charge is 0.423 e. The third kappa shape index (κ3) is 5.33. The molecule has 1 aromatic heterocycles. The van der Waals surface area contributed by atoms with Gasteiger partial charge in [0.25, 0.3) is 0 Å². The van der Waals surface area contributed by atoms with Crippen LogP contribution < -0.4 is 10.1 Å². The van der Waals surface area contributed by atoms with Crippen molar-refractivity contribution in [3.8, 4) is 17.0 Å². The van der Waals surface area contributed by atoms with Gasteiger partial charge in [0, 0.05) is 42.7 Å². The van der Waals surface area contributed by atoms with Gasteiger partial charge in [0.2, 0.25) is 0 Å². The molecule has 1 N–H and O–H groups in total. The van der Waals surface area contributed by atoms with E-state index in [1.807, 2.05) is 73.7 Å². The normalized spacial score (nSPS) is 17.7. The first-order chi connectivity index (χ1) is 19.2. The summed E-state index contributed by atoms with van der Waals surface area (Å²) in [6, 6.07) is 26.0. The highest BCUT2D eigenvalue weighted by atomic mass is 16.5. The maximum absolute atomic E-state index is 14.4. The lowest BCUT2D eigenvalue weighted by Crippen LogP contribution is -2.51. The zero-order valence-electron chi connectivity index (χ0n) is 22.6. The van der Waals surface area contributed by atoms with Crippen molar-refractivity contribution in [1.29, 1.82) is 0 Å². The minimum Gasteiger partial charge on any atom is -0.423 e. The van der Waals surface area contributed by atoms with Crippen LogP contribution in [0, 0.1) is 6.92 Å². The second-order valence-corrected chi connectivity index (χ2v) is 10.5. The lowest BCUT2D eigenvalue weighted by Gasteiger charge is -2.44. The number of benzene rings is 3. The molecule has 39 heavy (non-hydrogen) atoms. The molecule has 3 aromatic carbocycles. The minimum absolute atomic E-state index is 0.0702. The Morgan fingerprint density at radius 1 is 0.821 bits per heavy atom. The van der Waals surface area contributed by atoms with E-state index in [2.05, 4.69) is 27.2 Å². The predicted octanol–water partition coefficient (Wildman–Crippen LogP) is 5.82.